The van der Waals surface area contributed by atoms with Gasteiger partial charge >= 0.3 is 0 Å². The third kappa shape index (κ3) is 3.01. The summed E-state index contributed by atoms with van der Waals surface area (Å²) in [5.74, 6) is 0. The lowest BCUT2D eigenvalue weighted by Gasteiger charge is -2.00. The van der Waals surface area contributed by atoms with Crippen LogP contribution in [0.25, 0.3) is 11.8 Å². The van der Waals surface area contributed by atoms with Gasteiger partial charge in [0.25, 0.3) is 0 Å². The zero-order chi connectivity index (χ0) is 11.9. The van der Waals surface area contributed by atoms with E-state index < -0.39 is 0 Å². The summed E-state index contributed by atoms with van der Waals surface area (Å²) < 4.78 is 1.81. The average molecular weight is 224 g/mol. The number of carbonyl (C=O) groups is 1. The lowest BCUT2D eigenvalue weighted by atomic mass is 10.2. The Morgan fingerprint density at radius 1 is 1.06 bits per heavy atom. The zero-order valence-corrected chi connectivity index (χ0v) is 9.23. The number of aromatic nitrogens is 2. The zero-order valence-electron chi connectivity index (χ0n) is 9.23. The quantitative estimate of drug-likeness (QED) is 0.454. The molecule has 0 fully saturated rings. The molecule has 84 valence electrons. The van der Waals surface area contributed by atoms with Crippen LogP contribution in [-0.4, -0.2) is 16.1 Å². The van der Waals surface area contributed by atoms with E-state index in [0.717, 1.165) is 17.5 Å². The second-order valence-electron chi connectivity index (χ2n) is 3.42. The first-order chi connectivity index (χ1) is 8.40. The standard InChI is InChI=1S/C14H12N2O/c17-12-3-1-2-5-13-6-8-14(9-7-13)16-11-4-10-15-16/h1-12H. The van der Waals surface area contributed by atoms with Gasteiger partial charge in [0.05, 0.1) is 5.69 Å². The molecule has 0 aliphatic carbocycles. The van der Waals surface area contributed by atoms with Gasteiger partial charge in [-0.25, -0.2) is 4.68 Å². The maximum absolute atomic E-state index is 10.1. The van der Waals surface area contributed by atoms with Crippen molar-refractivity contribution >= 4 is 12.4 Å². The molecule has 1 heterocycles. The van der Waals surface area contributed by atoms with E-state index in [1.165, 1.54) is 6.08 Å². The minimum Gasteiger partial charge on any atom is -0.299 e. The highest BCUT2D eigenvalue weighted by atomic mass is 16.1. The third-order valence-electron chi connectivity index (χ3n) is 2.25. The van der Waals surface area contributed by atoms with E-state index in [-0.39, 0.29) is 0 Å². The van der Waals surface area contributed by atoms with Crippen LogP contribution in [0.15, 0.2) is 61.0 Å². The van der Waals surface area contributed by atoms with Gasteiger partial charge < -0.3 is 0 Å². The van der Waals surface area contributed by atoms with Gasteiger partial charge in [0.1, 0.15) is 6.29 Å². The van der Waals surface area contributed by atoms with Gasteiger partial charge in [-0.3, -0.25) is 4.79 Å². The van der Waals surface area contributed by atoms with E-state index in [1.807, 2.05) is 48.7 Å². The van der Waals surface area contributed by atoms with Gasteiger partial charge in [0.2, 0.25) is 0 Å². The number of benzene rings is 1. The van der Waals surface area contributed by atoms with Crippen molar-refractivity contribution in [1.29, 1.82) is 0 Å². The first-order valence-corrected chi connectivity index (χ1v) is 5.29. The maximum atomic E-state index is 10.1. The summed E-state index contributed by atoms with van der Waals surface area (Å²) in [6.45, 7) is 0. The van der Waals surface area contributed by atoms with Gasteiger partial charge in [0.15, 0.2) is 0 Å². The van der Waals surface area contributed by atoms with E-state index in [4.69, 9.17) is 0 Å². The molecule has 1 aromatic carbocycles. The number of rotatable bonds is 4. The second kappa shape index (κ2) is 5.61. The Kier molecular flexibility index (Phi) is 3.65. The molecule has 0 aliphatic rings. The molecule has 2 rings (SSSR count). The Bertz CT molecular complexity index is 522. The molecule has 3 nitrogen and oxygen atoms in total. The van der Waals surface area contributed by atoms with Crippen molar-refractivity contribution in [1.82, 2.24) is 9.78 Å². The monoisotopic (exact) mass is 224 g/mol. The van der Waals surface area contributed by atoms with Gasteiger partial charge in [0, 0.05) is 12.4 Å². The lowest BCUT2D eigenvalue weighted by molar-refractivity contribution is -0.104. The number of hydrogen-bond donors (Lipinski definition) is 0. The van der Waals surface area contributed by atoms with Gasteiger partial charge in [-0.15, -0.1) is 0 Å². The second-order valence-corrected chi connectivity index (χ2v) is 3.42. The van der Waals surface area contributed by atoms with Crippen molar-refractivity contribution in [2.24, 2.45) is 0 Å². The van der Waals surface area contributed by atoms with E-state index in [2.05, 4.69) is 5.10 Å². The van der Waals surface area contributed by atoms with E-state index in [9.17, 15) is 4.79 Å². The molecular formula is C14H12N2O. The van der Waals surface area contributed by atoms with Crippen LogP contribution < -0.4 is 0 Å². The van der Waals surface area contributed by atoms with Crippen LogP contribution in [0.1, 0.15) is 5.56 Å². The van der Waals surface area contributed by atoms with Crippen LogP contribution in [-0.2, 0) is 4.79 Å². The van der Waals surface area contributed by atoms with Crippen LogP contribution >= 0.6 is 0 Å². The average Bonchev–Trinajstić information content (AvgIpc) is 2.89. The van der Waals surface area contributed by atoms with Gasteiger partial charge in [-0.1, -0.05) is 30.4 Å². The summed E-state index contributed by atoms with van der Waals surface area (Å²) in [6, 6.07) is 9.88. The third-order valence-corrected chi connectivity index (χ3v) is 2.25. The summed E-state index contributed by atoms with van der Waals surface area (Å²) in [5, 5.41) is 4.15. The van der Waals surface area contributed by atoms with Crippen molar-refractivity contribution in [2.75, 3.05) is 0 Å². The number of aldehydes is 1. The fraction of sp³-hybridized carbons (Fsp3) is 0. The van der Waals surface area contributed by atoms with E-state index in [0.29, 0.717) is 0 Å². The molecule has 0 saturated carbocycles. The van der Waals surface area contributed by atoms with E-state index >= 15 is 0 Å². The Morgan fingerprint density at radius 3 is 2.53 bits per heavy atom. The van der Waals surface area contributed by atoms with Crippen LogP contribution in [0.3, 0.4) is 0 Å². The SMILES string of the molecule is O=CC=CC=Cc1ccc(-n2cccn2)cc1. The molecule has 17 heavy (non-hydrogen) atoms. The van der Waals surface area contributed by atoms with Crippen molar-refractivity contribution in [3.05, 3.63) is 66.5 Å². The van der Waals surface area contributed by atoms with Crippen LogP contribution in [0.5, 0.6) is 0 Å². The Hall–Kier alpha value is -2.42. The van der Waals surface area contributed by atoms with Crippen molar-refractivity contribution in [3.8, 4) is 5.69 Å². The molecule has 0 bridgehead atoms. The predicted octanol–water partition coefficient (Wildman–Crippen LogP) is 2.64. The van der Waals surface area contributed by atoms with Crippen LogP contribution in [0.2, 0.25) is 0 Å². The molecule has 0 unspecified atom stereocenters. The number of hydrogen-bond acceptors (Lipinski definition) is 2. The van der Waals surface area contributed by atoms with Crippen molar-refractivity contribution < 1.29 is 4.79 Å². The first-order valence-electron chi connectivity index (χ1n) is 5.29. The highest BCUT2D eigenvalue weighted by molar-refractivity contribution is 5.66. The minimum atomic E-state index is 0.755. The summed E-state index contributed by atoms with van der Waals surface area (Å²) in [7, 11) is 0. The maximum Gasteiger partial charge on any atom is 0.142 e. The first kappa shape index (κ1) is 11.1. The molecule has 2 aromatic rings. The Morgan fingerprint density at radius 2 is 1.88 bits per heavy atom. The summed E-state index contributed by atoms with van der Waals surface area (Å²) in [6.07, 6.45) is 11.3. The smallest absolute Gasteiger partial charge is 0.142 e. The van der Waals surface area contributed by atoms with Crippen LogP contribution in [0.4, 0.5) is 0 Å². The molecule has 0 spiro atoms. The fourth-order valence-electron chi connectivity index (χ4n) is 1.44. The fourth-order valence-corrected chi connectivity index (χ4v) is 1.44. The lowest BCUT2D eigenvalue weighted by Crippen LogP contribution is -1.93. The topological polar surface area (TPSA) is 34.9 Å². The Labute approximate surface area is 99.7 Å². The molecule has 0 N–H and O–H groups in total. The summed E-state index contributed by atoms with van der Waals surface area (Å²) in [4.78, 5) is 10.1. The molecule has 0 amide bonds. The number of carbonyl (C=O) groups excluding carboxylic acids is 1. The largest absolute Gasteiger partial charge is 0.299 e. The highest BCUT2D eigenvalue weighted by Gasteiger charge is 1.94. The number of allylic oxidation sites excluding steroid dienone is 3. The molecule has 0 atom stereocenters. The van der Waals surface area contributed by atoms with Gasteiger partial charge in [-0.2, -0.15) is 5.10 Å². The summed E-state index contributed by atoms with van der Waals surface area (Å²) >= 11 is 0. The molecular weight excluding hydrogens is 212 g/mol. The van der Waals surface area contributed by atoms with Crippen LogP contribution in [0, 0.1) is 0 Å². The molecule has 0 radical (unpaired) electrons. The normalized spacial score (nSPS) is 11.3. The van der Waals surface area contributed by atoms with E-state index in [1.54, 1.807) is 17.0 Å². The van der Waals surface area contributed by atoms with Gasteiger partial charge in [-0.05, 0) is 29.8 Å². The predicted molar refractivity (Wildman–Crippen MR) is 67.8 cm³/mol. The van der Waals surface area contributed by atoms with Crippen molar-refractivity contribution in [3.63, 3.8) is 0 Å². The highest BCUT2D eigenvalue weighted by Crippen LogP contribution is 2.09. The molecule has 3 heteroatoms. The number of nitrogens with zero attached hydrogens (tertiary/aromatic N) is 2. The summed E-state index contributed by atoms with van der Waals surface area (Å²) in [5.41, 5.74) is 2.10. The Balaban J connectivity index is 2.11. The molecule has 1 aromatic heterocycles. The van der Waals surface area contributed by atoms with Crippen molar-refractivity contribution in [2.45, 2.75) is 0 Å². The minimum absolute atomic E-state index is 0.755. The molecule has 0 aliphatic heterocycles. The molecule has 0 saturated heterocycles.